The predicted octanol–water partition coefficient (Wildman–Crippen LogP) is 3.48. The molecular formula is C26H28N2O4. The number of aromatic nitrogens is 1. The van der Waals surface area contributed by atoms with Gasteiger partial charge in [0.25, 0.3) is 5.91 Å². The van der Waals surface area contributed by atoms with Crippen molar-refractivity contribution >= 4 is 5.91 Å². The number of amides is 1. The lowest BCUT2D eigenvalue weighted by molar-refractivity contribution is 0.0732. The number of aliphatic hydroxyl groups excluding tert-OH is 1. The molecule has 0 saturated carbocycles. The smallest absolute Gasteiger partial charge is 0.251 e. The Hall–Kier alpha value is -3.22. The van der Waals surface area contributed by atoms with Crippen LogP contribution in [0.2, 0.25) is 0 Å². The van der Waals surface area contributed by atoms with Crippen LogP contribution >= 0.6 is 0 Å². The van der Waals surface area contributed by atoms with Crippen LogP contribution in [0.25, 0.3) is 11.1 Å². The normalized spacial score (nSPS) is 17.8. The Morgan fingerprint density at radius 1 is 1.09 bits per heavy atom. The van der Waals surface area contributed by atoms with Crippen molar-refractivity contribution in [1.29, 1.82) is 0 Å². The molecule has 166 valence electrons. The lowest BCUT2D eigenvalue weighted by atomic mass is 10.0. The first kappa shape index (κ1) is 22.0. The molecule has 32 heavy (non-hydrogen) atoms. The number of nitrogens with one attached hydrogen (secondary N) is 1. The highest BCUT2D eigenvalue weighted by Gasteiger charge is 2.28. The first-order chi connectivity index (χ1) is 15.5. The second-order valence-corrected chi connectivity index (χ2v) is 8.19. The number of ether oxygens (including phenoxy) is 2. The van der Waals surface area contributed by atoms with Gasteiger partial charge in [-0.1, -0.05) is 35.9 Å². The van der Waals surface area contributed by atoms with Crippen molar-refractivity contribution in [2.45, 2.75) is 32.5 Å². The number of nitrogens with zero attached hydrogens (tertiary/aromatic N) is 1. The molecular weight excluding hydrogens is 404 g/mol. The molecule has 1 amide bonds. The summed E-state index contributed by atoms with van der Waals surface area (Å²) in [4.78, 5) is 17.2. The Bertz CT molecular complexity index is 1060. The van der Waals surface area contributed by atoms with Crippen molar-refractivity contribution in [3.8, 4) is 16.9 Å². The Labute approximate surface area is 188 Å². The Balaban J connectivity index is 1.52. The second kappa shape index (κ2) is 9.94. The summed E-state index contributed by atoms with van der Waals surface area (Å²) < 4.78 is 11.3. The summed E-state index contributed by atoms with van der Waals surface area (Å²) in [6, 6.07) is 17.6. The van der Waals surface area contributed by atoms with Crippen LogP contribution in [-0.4, -0.2) is 48.0 Å². The molecule has 2 aromatic carbocycles. The van der Waals surface area contributed by atoms with Crippen LogP contribution in [0.5, 0.6) is 5.75 Å². The van der Waals surface area contributed by atoms with Crippen molar-refractivity contribution < 1.29 is 19.4 Å². The zero-order valence-corrected chi connectivity index (χ0v) is 18.4. The number of rotatable bonds is 7. The standard InChI is InChI=1S/C26H28N2O4/c1-17-3-7-20(8-4-17)21-11-22(13-23(12-21)32-25-16-31-15-24(25)29)26(30)27-10-9-19-6-5-18(2)28-14-19/h3-8,11-14,24-25,29H,9-10,15-16H2,1-2H3,(H,27,30)/t24?,25-/m1/s1. The number of benzene rings is 2. The van der Waals surface area contributed by atoms with E-state index in [4.69, 9.17) is 9.47 Å². The Morgan fingerprint density at radius 2 is 1.91 bits per heavy atom. The molecule has 0 radical (unpaired) electrons. The molecule has 6 heteroatoms. The SMILES string of the molecule is Cc1ccc(-c2cc(O[C@@H]3COCC3O)cc(C(=O)NCCc3ccc(C)nc3)c2)cc1. The number of aryl methyl sites for hydroxylation is 2. The summed E-state index contributed by atoms with van der Waals surface area (Å²) in [6.07, 6.45) is 1.40. The van der Waals surface area contributed by atoms with E-state index in [0.29, 0.717) is 30.9 Å². The molecule has 6 nitrogen and oxygen atoms in total. The molecule has 2 heterocycles. The van der Waals surface area contributed by atoms with Gasteiger partial charge in [0.15, 0.2) is 0 Å². The van der Waals surface area contributed by atoms with E-state index in [1.165, 1.54) is 0 Å². The molecule has 1 unspecified atom stereocenters. The van der Waals surface area contributed by atoms with Crippen LogP contribution < -0.4 is 10.1 Å². The van der Waals surface area contributed by atoms with E-state index in [0.717, 1.165) is 27.9 Å². The van der Waals surface area contributed by atoms with E-state index in [2.05, 4.69) is 10.3 Å². The average Bonchev–Trinajstić information content (AvgIpc) is 3.19. The van der Waals surface area contributed by atoms with Crippen LogP contribution in [0.4, 0.5) is 0 Å². The second-order valence-electron chi connectivity index (χ2n) is 8.19. The molecule has 0 bridgehead atoms. The zero-order chi connectivity index (χ0) is 22.5. The number of pyridine rings is 1. The molecule has 0 aliphatic carbocycles. The van der Waals surface area contributed by atoms with Gasteiger partial charge in [-0.2, -0.15) is 0 Å². The Kier molecular flexibility index (Phi) is 6.83. The van der Waals surface area contributed by atoms with E-state index < -0.39 is 12.2 Å². The number of carbonyl (C=O) groups is 1. The fraction of sp³-hybridized carbons (Fsp3) is 0.308. The number of hydrogen-bond acceptors (Lipinski definition) is 5. The van der Waals surface area contributed by atoms with Gasteiger partial charge in [-0.3, -0.25) is 9.78 Å². The summed E-state index contributed by atoms with van der Waals surface area (Å²) in [5.74, 6) is 0.359. The van der Waals surface area contributed by atoms with E-state index >= 15 is 0 Å². The van der Waals surface area contributed by atoms with Gasteiger partial charge in [0.05, 0.1) is 13.2 Å². The monoisotopic (exact) mass is 432 g/mol. The molecule has 0 spiro atoms. The summed E-state index contributed by atoms with van der Waals surface area (Å²) in [5.41, 5.74) is 5.58. The van der Waals surface area contributed by atoms with Crippen LogP contribution in [0.15, 0.2) is 60.8 Å². The first-order valence-corrected chi connectivity index (χ1v) is 10.8. The largest absolute Gasteiger partial charge is 0.485 e. The van der Waals surface area contributed by atoms with Gasteiger partial charge in [-0.25, -0.2) is 0 Å². The summed E-state index contributed by atoms with van der Waals surface area (Å²) in [5, 5.41) is 13.0. The minimum Gasteiger partial charge on any atom is -0.485 e. The highest BCUT2D eigenvalue weighted by Crippen LogP contribution is 2.28. The molecule has 4 rings (SSSR count). The molecule has 1 aliphatic rings. The minimum atomic E-state index is -0.682. The third-order valence-corrected chi connectivity index (χ3v) is 5.51. The molecule has 1 aliphatic heterocycles. The predicted molar refractivity (Wildman–Crippen MR) is 123 cm³/mol. The van der Waals surface area contributed by atoms with Gasteiger partial charge in [0.1, 0.15) is 18.0 Å². The van der Waals surface area contributed by atoms with Crippen molar-refractivity contribution in [3.63, 3.8) is 0 Å². The van der Waals surface area contributed by atoms with Gasteiger partial charge in [-0.15, -0.1) is 0 Å². The van der Waals surface area contributed by atoms with Crippen molar-refractivity contribution in [2.24, 2.45) is 0 Å². The molecule has 1 saturated heterocycles. The number of aliphatic hydroxyl groups is 1. The third kappa shape index (κ3) is 5.52. The van der Waals surface area contributed by atoms with Gasteiger partial charge in [0, 0.05) is 24.0 Å². The fourth-order valence-corrected chi connectivity index (χ4v) is 3.59. The molecule has 2 N–H and O–H groups in total. The summed E-state index contributed by atoms with van der Waals surface area (Å²) in [6.45, 7) is 5.06. The average molecular weight is 433 g/mol. The lowest BCUT2D eigenvalue weighted by Crippen LogP contribution is -2.30. The number of hydrogen-bond donors (Lipinski definition) is 2. The number of carbonyl (C=O) groups excluding carboxylic acids is 1. The summed E-state index contributed by atoms with van der Waals surface area (Å²) >= 11 is 0. The lowest BCUT2D eigenvalue weighted by Gasteiger charge is -2.17. The molecule has 2 atom stereocenters. The summed E-state index contributed by atoms with van der Waals surface area (Å²) in [7, 11) is 0. The van der Waals surface area contributed by atoms with Gasteiger partial charge in [-0.05, 0) is 61.2 Å². The van der Waals surface area contributed by atoms with Crippen LogP contribution in [0.3, 0.4) is 0 Å². The first-order valence-electron chi connectivity index (χ1n) is 10.8. The van der Waals surface area contributed by atoms with Crippen LogP contribution in [-0.2, 0) is 11.2 Å². The van der Waals surface area contributed by atoms with E-state index in [1.54, 1.807) is 6.07 Å². The third-order valence-electron chi connectivity index (χ3n) is 5.51. The van der Waals surface area contributed by atoms with Crippen molar-refractivity contribution in [2.75, 3.05) is 19.8 Å². The van der Waals surface area contributed by atoms with Gasteiger partial charge >= 0.3 is 0 Å². The highest BCUT2D eigenvalue weighted by molar-refractivity contribution is 5.96. The molecule has 3 aromatic rings. The van der Waals surface area contributed by atoms with Crippen LogP contribution in [0.1, 0.15) is 27.2 Å². The Morgan fingerprint density at radius 3 is 2.59 bits per heavy atom. The maximum Gasteiger partial charge on any atom is 0.251 e. The van der Waals surface area contributed by atoms with E-state index in [1.807, 2.05) is 68.6 Å². The van der Waals surface area contributed by atoms with Gasteiger partial charge in [0.2, 0.25) is 0 Å². The van der Waals surface area contributed by atoms with Crippen molar-refractivity contribution in [3.05, 3.63) is 83.2 Å². The van der Waals surface area contributed by atoms with E-state index in [9.17, 15) is 9.90 Å². The quantitative estimate of drug-likeness (QED) is 0.598. The molecule has 1 aromatic heterocycles. The maximum absolute atomic E-state index is 12.9. The topological polar surface area (TPSA) is 80.7 Å². The van der Waals surface area contributed by atoms with Gasteiger partial charge < -0.3 is 19.9 Å². The fourth-order valence-electron chi connectivity index (χ4n) is 3.59. The molecule has 1 fully saturated rings. The van der Waals surface area contributed by atoms with E-state index in [-0.39, 0.29) is 12.5 Å². The highest BCUT2D eigenvalue weighted by atomic mass is 16.6. The van der Waals surface area contributed by atoms with Crippen molar-refractivity contribution in [1.82, 2.24) is 10.3 Å². The van der Waals surface area contributed by atoms with Crippen LogP contribution in [0, 0.1) is 13.8 Å². The zero-order valence-electron chi connectivity index (χ0n) is 18.4. The maximum atomic E-state index is 12.9. The minimum absolute atomic E-state index is 0.174.